The van der Waals surface area contributed by atoms with Crippen LogP contribution in [0.4, 0.5) is 8.78 Å². The molecule has 0 aliphatic heterocycles. The summed E-state index contributed by atoms with van der Waals surface area (Å²) in [7, 11) is 0. The van der Waals surface area contributed by atoms with Gasteiger partial charge in [0.15, 0.2) is 0 Å². The van der Waals surface area contributed by atoms with Crippen molar-refractivity contribution in [3.63, 3.8) is 0 Å². The van der Waals surface area contributed by atoms with E-state index in [1.54, 1.807) is 11.3 Å². The average Bonchev–Trinajstić information content (AvgIpc) is 2.88. The predicted octanol–water partition coefficient (Wildman–Crippen LogP) is 4.12. The number of hydrogen-bond acceptors (Lipinski definition) is 2. The van der Waals surface area contributed by atoms with E-state index < -0.39 is 5.82 Å². The highest BCUT2D eigenvalue weighted by Crippen LogP contribution is 2.26. The van der Waals surface area contributed by atoms with Gasteiger partial charge in [-0.15, -0.1) is 0 Å². The molecule has 0 saturated carbocycles. The summed E-state index contributed by atoms with van der Waals surface area (Å²) in [5.41, 5.74) is 1.33. The summed E-state index contributed by atoms with van der Waals surface area (Å²) in [6.07, 6.45) is 0.942. The third kappa shape index (κ3) is 2.94. The Balaban J connectivity index is 2.36. The van der Waals surface area contributed by atoms with Gasteiger partial charge in [0.1, 0.15) is 11.6 Å². The first-order chi connectivity index (χ1) is 8.72. The van der Waals surface area contributed by atoms with E-state index in [-0.39, 0.29) is 11.9 Å². The Bertz CT molecular complexity index is 497. The maximum atomic E-state index is 13.8. The van der Waals surface area contributed by atoms with Crippen LogP contribution in [0.3, 0.4) is 0 Å². The van der Waals surface area contributed by atoms with Crippen LogP contribution in [0.5, 0.6) is 0 Å². The summed E-state index contributed by atoms with van der Waals surface area (Å²) in [4.78, 5) is 0. The lowest BCUT2D eigenvalue weighted by Gasteiger charge is -2.18. The van der Waals surface area contributed by atoms with Crippen LogP contribution in [0.25, 0.3) is 0 Å². The molecule has 1 nitrogen and oxygen atoms in total. The van der Waals surface area contributed by atoms with Crippen molar-refractivity contribution in [2.45, 2.75) is 19.4 Å². The zero-order valence-electron chi connectivity index (χ0n) is 10.1. The first-order valence-electron chi connectivity index (χ1n) is 5.92. The number of hydrogen-bond donors (Lipinski definition) is 1. The molecule has 0 aliphatic carbocycles. The first-order valence-corrected chi connectivity index (χ1v) is 6.87. The van der Waals surface area contributed by atoms with Crippen LogP contribution >= 0.6 is 11.3 Å². The Kier molecular flexibility index (Phi) is 4.44. The number of nitrogens with one attached hydrogen (secondary N) is 1. The van der Waals surface area contributed by atoms with E-state index in [0.717, 1.165) is 24.6 Å². The summed E-state index contributed by atoms with van der Waals surface area (Å²) in [5, 5.41) is 7.15. The molecule has 1 heterocycles. The van der Waals surface area contributed by atoms with Crippen LogP contribution in [0.15, 0.2) is 35.0 Å². The molecule has 2 rings (SSSR count). The molecule has 0 aliphatic rings. The second kappa shape index (κ2) is 6.07. The Hall–Kier alpha value is -1.26. The minimum atomic E-state index is -0.412. The lowest BCUT2D eigenvalue weighted by molar-refractivity contribution is 0.536. The summed E-state index contributed by atoms with van der Waals surface area (Å²) >= 11 is 1.55. The zero-order valence-corrected chi connectivity index (χ0v) is 10.9. The molecule has 0 spiro atoms. The Morgan fingerprint density at radius 1 is 1.28 bits per heavy atom. The maximum absolute atomic E-state index is 13.8. The van der Waals surface area contributed by atoms with Gasteiger partial charge in [0.2, 0.25) is 0 Å². The largest absolute Gasteiger partial charge is 0.306 e. The predicted molar refractivity (Wildman–Crippen MR) is 70.8 cm³/mol. The van der Waals surface area contributed by atoms with Crippen molar-refractivity contribution < 1.29 is 8.78 Å². The van der Waals surface area contributed by atoms with Crippen LogP contribution < -0.4 is 5.32 Å². The molecule has 1 aromatic carbocycles. The van der Waals surface area contributed by atoms with Gasteiger partial charge in [-0.25, -0.2) is 8.78 Å². The Morgan fingerprint density at radius 2 is 2.11 bits per heavy atom. The van der Waals surface area contributed by atoms with Gasteiger partial charge >= 0.3 is 0 Å². The second-order valence-electron chi connectivity index (χ2n) is 4.11. The van der Waals surface area contributed by atoms with E-state index in [0.29, 0.717) is 5.56 Å². The fourth-order valence-electron chi connectivity index (χ4n) is 1.87. The van der Waals surface area contributed by atoms with E-state index in [4.69, 9.17) is 0 Å². The van der Waals surface area contributed by atoms with Gasteiger partial charge in [-0.1, -0.05) is 6.92 Å². The highest BCUT2D eigenvalue weighted by molar-refractivity contribution is 7.08. The Morgan fingerprint density at radius 3 is 2.78 bits per heavy atom. The molecule has 1 aromatic heterocycles. The highest BCUT2D eigenvalue weighted by Gasteiger charge is 2.18. The zero-order chi connectivity index (χ0) is 13.0. The van der Waals surface area contributed by atoms with Gasteiger partial charge in [0.25, 0.3) is 0 Å². The molecule has 0 bridgehead atoms. The third-order valence-corrected chi connectivity index (χ3v) is 3.45. The minimum Gasteiger partial charge on any atom is -0.306 e. The molecule has 2 aromatic rings. The van der Waals surface area contributed by atoms with Gasteiger partial charge in [0, 0.05) is 5.56 Å². The molecule has 0 amide bonds. The van der Waals surface area contributed by atoms with Crippen molar-refractivity contribution in [2.24, 2.45) is 0 Å². The molecule has 1 unspecified atom stereocenters. The number of thiophene rings is 1. The maximum Gasteiger partial charge on any atom is 0.128 e. The van der Waals surface area contributed by atoms with Crippen molar-refractivity contribution in [2.75, 3.05) is 6.54 Å². The summed E-state index contributed by atoms with van der Waals surface area (Å²) in [5.74, 6) is -0.791. The fourth-order valence-corrected chi connectivity index (χ4v) is 2.56. The second-order valence-corrected chi connectivity index (χ2v) is 4.89. The summed E-state index contributed by atoms with van der Waals surface area (Å²) in [6, 6.07) is 5.23. The fraction of sp³-hybridized carbons (Fsp3) is 0.286. The Labute approximate surface area is 109 Å². The molecule has 0 saturated heterocycles. The van der Waals surface area contributed by atoms with E-state index in [9.17, 15) is 8.78 Å². The molecule has 0 fully saturated rings. The number of benzene rings is 1. The van der Waals surface area contributed by atoms with Gasteiger partial charge in [-0.2, -0.15) is 11.3 Å². The molecule has 1 N–H and O–H groups in total. The quantitative estimate of drug-likeness (QED) is 0.859. The molecule has 0 radical (unpaired) electrons. The lowest BCUT2D eigenvalue weighted by atomic mass is 10.0. The summed E-state index contributed by atoms with van der Waals surface area (Å²) < 4.78 is 27.1. The topological polar surface area (TPSA) is 12.0 Å². The van der Waals surface area contributed by atoms with Crippen LogP contribution in [0.2, 0.25) is 0 Å². The van der Waals surface area contributed by atoms with Crippen LogP contribution in [0, 0.1) is 11.6 Å². The van der Waals surface area contributed by atoms with Crippen molar-refractivity contribution >= 4 is 11.3 Å². The highest BCUT2D eigenvalue weighted by atomic mass is 32.1. The van der Waals surface area contributed by atoms with E-state index >= 15 is 0 Å². The first kappa shape index (κ1) is 13.2. The molecular formula is C14H15F2NS. The monoisotopic (exact) mass is 267 g/mol. The average molecular weight is 267 g/mol. The van der Waals surface area contributed by atoms with Crippen molar-refractivity contribution in [1.29, 1.82) is 0 Å². The van der Waals surface area contributed by atoms with Crippen LogP contribution in [-0.4, -0.2) is 6.54 Å². The molecule has 18 heavy (non-hydrogen) atoms. The van der Waals surface area contributed by atoms with Crippen LogP contribution in [0.1, 0.15) is 30.5 Å². The number of halogens is 2. The molecule has 1 atom stereocenters. The molecular weight excluding hydrogens is 252 g/mol. The van der Waals surface area contributed by atoms with Gasteiger partial charge in [-0.05, 0) is 53.6 Å². The lowest BCUT2D eigenvalue weighted by Crippen LogP contribution is -2.23. The van der Waals surface area contributed by atoms with Crippen molar-refractivity contribution in [3.05, 3.63) is 57.8 Å². The van der Waals surface area contributed by atoms with Gasteiger partial charge < -0.3 is 5.32 Å². The van der Waals surface area contributed by atoms with E-state index in [2.05, 4.69) is 5.32 Å². The normalized spacial score (nSPS) is 12.6. The van der Waals surface area contributed by atoms with E-state index in [1.165, 1.54) is 12.1 Å². The molecule has 4 heteroatoms. The summed E-state index contributed by atoms with van der Waals surface area (Å²) in [6.45, 7) is 2.80. The van der Waals surface area contributed by atoms with Gasteiger partial charge in [0.05, 0.1) is 6.04 Å². The standard InChI is InChI=1S/C14H15F2NS/c1-2-6-17-14(10-5-7-18-9-10)12-8-11(15)3-4-13(12)16/h3-5,7-9,14,17H,2,6H2,1H3. The SMILES string of the molecule is CCCNC(c1ccsc1)c1cc(F)ccc1F. The van der Waals surface area contributed by atoms with E-state index in [1.807, 2.05) is 23.8 Å². The minimum absolute atomic E-state index is 0.285. The number of rotatable bonds is 5. The molecule has 96 valence electrons. The van der Waals surface area contributed by atoms with Crippen LogP contribution in [-0.2, 0) is 0 Å². The smallest absolute Gasteiger partial charge is 0.128 e. The van der Waals surface area contributed by atoms with Crippen molar-refractivity contribution in [3.8, 4) is 0 Å². The van der Waals surface area contributed by atoms with Gasteiger partial charge in [-0.3, -0.25) is 0 Å². The van der Waals surface area contributed by atoms with Crippen molar-refractivity contribution in [1.82, 2.24) is 5.32 Å². The third-order valence-electron chi connectivity index (χ3n) is 2.74.